The van der Waals surface area contributed by atoms with Crippen LogP contribution in [0, 0.1) is 5.41 Å². The van der Waals surface area contributed by atoms with Crippen LogP contribution >= 0.6 is 0 Å². The van der Waals surface area contributed by atoms with Crippen molar-refractivity contribution in [2.24, 2.45) is 5.41 Å². The fourth-order valence-electron chi connectivity index (χ4n) is 3.72. The van der Waals surface area contributed by atoms with Gasteiger partial charge >= 0.3 is 0 Å². The maximum absolute atomic E-state index is 5.29. The minimum atomic E-state index is 0.186. The smallest absolute Gasteiger partial charge is 0.118 e. The van der Waals surface area contributed by atoms with Crippen LogP contribution in [0.15, 0.2) is 24.3 Å². The number of methoxy groups -OCH3 is 1. The number of hydrogen-bond acceptors (Lipinski definition) is 2. The fourth-order valence-corrected chi connectivity index (χ4v) is 3.72. The third kappa shape index (κ3) is 2.58. The Morgan fingerprint density at radius 3 is 2.15 bits per heavy atom. The Kier molecular flexibility index (Phi) is 3.13. The zero-order valence-electron chi connectivity index (χ0n) is 13.3. The Morgan fingerprint density at radius 1 is 1.10 bits per heavy atom. The highest BCUT2D eigenvalue weighted by Gasteiger charge is 2.61. The Labute approximate surface area is 122 Å². The summed E-state index contributed by atoms with van der Waals surface area (Å²) in [5.41, 5.74) is 2.72. The summed E-state index contributed by atoms with van der Waals surface area (Å²) in [5.74, 6) is 0.952. The molecule has 0 atom stereocenters. The van der Waals surface area contributed by atoms with Crippen LogP contribution in [0.4, 0.5) is 0 Å². The summed E-state index contributed by atoms with van der Waals surface area (Å²) < 4.78 is 5.29. The Balaban J connectivity index is 1.78. The van der Waals surface area contributed by atoms with E-state index in [9.17, 15) is 0 Å². The van der Waals surface area contributed by atoms with Crippen molar-refractivity contribution in [3.05, 3.63) is 29.8 Å². The first kappa shape index (κ1) is 13.9. The lowest BCUT2D eigenvalue weighted by atomic mass is 9.56. The highest BCUT2D eigenvalue weighted by molar-refractivity contribution is 5.37. The summed E-state index contributed by atoms with van der Waals surface area (Å²) in [7, 11) is 1.73. The summed E-state index contributed by atoms with van der Waals surface area (Å²) in [6.45, 7) is 7.84. The SMILES string of the molecule is COc1ccc(C2(CNC(C)(C)C)CC3(CC3)C2)cc1. The Bertz CT molecular complexity index is 471. The molecular weight excluding hydrogens is 246 g/mol. The van der Waals surface area contributed by atoms with Crippen LogP contribution in [0.5, 0.6) is 5.75 Å². The molecule has 1 aromatic rings. The Hall–Kier alpha value is -1.02. The van der Waals surface area contributed by atoms with E-state index in [1.807, 2.05) is 0 Å². The highest BCUT2D eigenvalue weighted by atomic mass is 16.5. The average molecular weight is 273 g/mol. The molecule has 0 saturated heterocycles. The van der Waals surface area contributed by atoms with Gasteiger partial charge in [0.2, 0.25) is 0 Å². The first-order valence-electron chi connectivity index (χ1n) is 7.76. The maximum Gasteiger partial charge on any atom is 0.118 e. The van der Waals surface area contributed by atoms with Gasteiger partial charge in [0.05, 0.1) is 7.11 Å². The molecule has 1 spiro atoms. The molecule has 2 nitrogen and oxygen atoms in total. The number of nitrogens with one attached hydrogen (secondary N) is 1. The summed E-state index contributed by atoms with van der Waals surface area (Å²) >= 11 is 0. The second-order valence-corrected chi connectivity index (χ2v) is 7.97. The van der Waals surface area contributed by atoms with Gasteiger partial charge in [0.25, 0.3) is 0 Å². The molecule has 20 heavy (non-hydrogen) atoms. The second kappa shape index (κ2) is 4.49. The van der Waals surface area contributed by atoms with E-state index < -0.39 is 0 Å². The summed E-state index contributed by atoms with van der Waals surface area (Å²) in [5, 5.41) is 3.73. The molecule has 0 aliphatic heterocycles. The van der Waals surface area contributed by atoms with Gasteiger partial charge in [-0.1, -0.05) is 12.1 Å². The predicted molar refractivity (Wildman–Crippen MR) is 83.3 cm³/mol. The summed E-state index contributed by atoms with van der Waals surface area (Å²) in [6.07, 6.45) is 5.60. The monoisotopic (exact) mass is 273 g/mol. The van der Waals surface area contributed by atoms with Crippen molar-refractivity contribution in [3.8, 4) is 5.75 Å². The zero-order valence-corrected chi connectivity index (χ0v) is 13.3. The van der Waals surface area contributed by atoms with Crippen LogP contribution in [0.25, 0.3) is 0 Å². The molecule has 2 heteroatoms. The van der Waals surface area contributed by atoms with Crippen LogP contribution < -0.4 is 10.1 Å². The van der Waals surface area contributed by atoms with Crippen molar-refractivity contribution in [2.75, 3.05) is 13.7 Å². The van der Waals surface area contributed by atoms with Crippen LogP contribution in [-0.4, -0.2) is 19.2 Å². The molecule has 2 saturated carbocycles. The van der Waals surface area contributed by atoms with Crippen molar-refractivity contribution >= 4 is 0 Å². The third-order valence-corrected chi connectivity index (χ3v) is 5.04. The highest BCUT2D eigenvalue weighted by Crippen LogP contribution is 2.68. The molecule has 0 aromatic heterocycles. The topological polar surface area (TPSA) is 21.3 Å². The summed E-state index contributed by atoms with van der Waals surface area (Å²) in [6, 6.07) is 8.73. The van der Waals surface area contributed by atoms with Gasteiger partial charge in [0.1, 0.15) is 5.75 Å². The van der Waals surface area contributed by atoms with E-state index in [2.05, 4.69) is 50.4 Å². The van der Waals surface area contributed by atoms with E-state index in [0.29, 0.717) is 10.8 Å². The van der Waals surface area contributed by atoms with Crippen molar-refractivity contribution in [2.45, 2.75) is 57.4 Å². The molecule has 0 unspecified atom stereocenters. The minimum Gasteiger partial charge on any atom is -0.497 e. The molecule has 110 valence electrons. The van der Waals surface area contributed by atoms with Gasteiger partial charge in [-0.3, -0.25) is 0 Å². The normalized spacial score (nSPS) is 22.4. The molecule has 0 bridgehead atoms. The van der Waals surface area contributed by atoms with Gasteiger partial charge in [-0.2, -0.15) is 0 Å². The standard InChI is InChI=1S/C18H27NO/c1-16(2,3)19-13-18(11-17(12-18)9-10-17)14-5-7-15(20-4)8-6-14/h5-8,19H,9-13H2,1-4H3. The van der Waals surface area contributed by atoms with E-state index in [0.717, 1.165) is 12.3 Å². The van der Waals surface area contributed by atoms with Gasteiger partial charge < -0.3 is 10.1 Å². The molecule has 0 heterocycles. The van der Waals surface area contributed by atoms with E-state index in [1.54, 1.807) is 7.11 Å². The minimum absolute atomic E-state index is 0.186. The van der Waals surface area contributed by atoms with Gasteiger partial charge in [0, 0.05) is 17.5 Å². The second-order valence-electron chi connectivity index (χ2n) is 7.97. The van der Waals surface area contributed by atoms with Crippen LogP contribution in [0.1, 0.15) is 52.0 Å². The Morgan fingerprint density at radius 2 is 1.70 bits per heavy atom. The number of ether oxygens (including phenoxy) is 1. The lowest BCUT2D eigenvalue weighted by Crippen LogP contribution is -2.53. The fraction of sp³-hybridized carbons (Fsp3) is 0.667. The molecule has 1 aromatic carbocycles. The molecule has 2 aliphatic rings. The van der Waals surface area contributed by atoms with Crippen molar-refractivity contribution in [1.82, 2.24) is 5.32 Å². The largest absolute Gasteiger partial charge is 0.497 e. The van der Waals surface area contributed by atoms with Gasteiger partial charge in [-0.25, -0.2) is 0 Å². The third-order valence-electron chi connectivity index (χ3n) is 5.04. The first-order valence-corrected chi connectivity index (χ1v) is 7.76. The van der Waals surface area contributed by atoms with Gasteiger partial charge in [-0.15, -0.1) is 0 Å². The molecule has 0 radical (unpaired) electrons. The zero-order chi connectivity index (χ0) is 14.4. The van der Waals surface area contributed by atoms with Gasteiger partial charge in [-0.05, 0) is 69.6 Å². The molecule has 0 amide bonds. The molecule has 1 N–H and O–H groups in total. The van der Waals surface area contributed by atoms with Crippen LogP contribution in [-0.2, 0) is 5.41 Å². The molecular formula is C18H27NO. The maximum atomic E-state index is 5.29. The quantitative estimate of drug-likeness (QED) is 0.898. The van der Waals surface area contributed by atoms with E-state index >= 15 is 0 Å². The molecule has 2 fully saturated rings. The predicted octanol–water partition coefficient (Wildman–Crippen LogP) is 3.90. The van der Waals surface area contributed by atoms with Crippen molar-refractivity contribution in [3.63, 3.8) is 0 Å². The first-order chi connectivity index (χ1) is 9.37. The van der Waals surface area contributed by atoms with Crippen LogP contribution in [0.3, 0.4) is 0 Å². The van der Waals surface area contributed by atoms with E-state index in [-0.39, 0.29) is 5.54 Å². The number of rotatable bonds is 4. The van der Waals surface area contributed by atoms with E-state index in [4.69, 9.17) is 4.74 Å². The van der Waals surface area contributed by atoms with Gasteiger partial charge in [0.15, 0.2) is 0 Å². The van der Waals surface area contributed by atoms with Crippen molar-refractivity contribution < 1.29 is 4.74 Å². The lowest BCUT2D eigenvalue weighted by Gasteiger charge is -2.50. The van der Waals surface area contributed by atoms with Crippen molar-refractivity contribution in [1.29, 1.82) is 0 Å². The van der Waals surface area contributed by atoms with E-state index in [1.165, 1.54) is 31.2 Å². The number of hydrogen-bond donors (Lipinski definition) is 1. The summed E-state index contributed by atoms with van der Waals surface area (Å²) in [4.78, 5) is 0. The molecule has 2 aliphatic carbocycles. The van der Waals surface area contributed by atoms with Crippen LogP contribution in [0.2, 0.25) is 0 Å². The lowest BCUT2D eigenvalue weighted by molar-refractivity contribution is 0.108. The average Bonchev–Trinajstić information content (AvgIpc) is 3.14. The number of benzene rings is 1. The molecule has 3 rings (SSSR count).